The molecule has 1 aliphatic rings. The molecule has 150 valence electrons. The zero-order chi connectivity index (χ0) is 20.4. The van der Waals surface area contributed by atoms with Gasteiger partial charge in [0.05, 0.1) is 16.2 Å². The van der Waals surface area contributed by atoms with Crippen LogP contribution in [0, 0.1) is 0 Å². The first-order valence-electron chi connectivity index (χ1n) is 8.69. The number of carbonyl (C=O) groups is 1. The van der Waals surface area contributed by atoms with Gasteiger partial charge in [0.2, 0.25) is 0 Å². The molecule has 2 aromatic rings. The summed E-state index contributed by atoms with van der Waals surface area (Å²) in [4.78, 5) is 14.2. The lowest BCUT2D eigenvalue weighted by Crippen LogP contribution is -2.42. The van der Waals surface area contributed by atoms with E-state index in [1.165, 1.54) is 29.2 Å². The second kappa shape index (κ2) is 7.83. The van der Waals surface area contributed by atoms with Crippen molar-refractivity contribution in [1.29, 1.82) is 0 Å². The van der Waals surface area contributed by atoms with Crippen LogP contribution in [0.1, 0.15) is 18.4 Å². The average molecular weight is 412 g/mol. The van der Waals surface area contributed by atoms with Gasteiger partial charge in [-0.1, -0.05) is 18.2 Å². The highest BCUT2D eigenvalue weighted by Crippen LogP contribution is 2.30. The van der Waals surface area contributed by atoms with Gasteiger partial charge in [0.15, 0.2) is 9.84 Å². The largest absolute Gasteiger partial charge is 0.416 e. The number of nitrogens with zero attached hydrogens (tertiary/aromatic N) is 1. The normalized spacial score (nSPS) is 17.5. The van der Waals surface area contributed by atoms with Crippen molar-refractivity contribution in [1.82, 2.24) is 4.90 Å². The van der Waals surface area contributed by atoms with E-state index in [1.807, 2.05) is 0 Å². The molecule has 1 heterocycles. The molecule has 2 amide bonds. The van der Waals surface area contributed by atoms with Crippen LogP contribution < -0.4 is 5.32 Å². The zero-order valence-electron chi connectivity index (χ0n) is 14.8. The fourth-order valence-corrected chi connectivity index (χ4v) is 4.81. The highest BCUT2D eigenvalue weighted by molar-refractivity contribution is 7.91. The third kappa shape index (κ3) is 4.64. The summed E-state index contributed by atoms with van der Waals surface area (Å²) >= 11 is 0. The van der Waals surface area contributed by atoms with Gasteiger partial charge in [-0.2, -0.15) is 13.2 Å². The Labute approximate surface area is 161 Å². The van der Waals surface area contributed by atoms with Crippen molar-refractivity contribution >= 4 is 21.6 Å². The number of halogens is 3. The second-order valence-electron chi connectivity index (χ2n) is 6.59. The van der Waals surface area contributed by atoms with Crippen LogP contribution in [0.4, 0.5) is 23.7 Å². The predicted molar refractivity (Wildman–Crippen MR) is 98.7 cm³/mol. The number of sulfone groups is 1. The van der Waals surface area contributed by atoms with Gasteiger partial charge in [-0.25, -0.2) is 13.2 Å². The molecule has 0 aromatic heterocycles. The van der Waals surface area contributed by atoms with Crippen LogP contribution >= 0.6 is 0 Å². The van der Waals surface area contributed by atoms with Crippen molar-refractivity contribution < 1.29 is 26.4 Å². The molecule has 1 saturated heterocycles. The lowest BCUT2D eigenvalue weighted by molar-refractivity contribution is -0.137. The Morgan fingerprint density at radius 3 is 2.32 bits per heavy atom. The summed E-state index contributed by atoms with van der Waals surface area (Å²) in [5, 5.41) is 2.54. The number of amides is 2. The first kappa shape index (κ1) is 20.2. The van der Waals surface area contributed by atoms with Crippen LogP contribution in [-0.2, 0) is 16.0 Å². The summed E-state index contributed by atoms with van der Waals surface area (Å²) in [6.07, 6.45) is -3.24. The van der Waals surface area contributed by atoms with Gasteiger partial charge >= 0.3 is 12.2 Å². The molecule has 5 nitrogen and oxygen atoms in total. The summed E-state index contributed by atoms with van der Waals surface area (Å²) in [5.74, 6) is -0.197. The van der Waals surface area contributed by atoms with Crippen molar-refractivity contribution in [2.75, 3.05) is 17.6 Å². The van der Waals surface area contributed by atoms with E-state index in [4.69, 9.17) is 0 Å². The number of hydrogen-bond donors (Lipinski definition) is 1. The van der Waals surface area contributed by atoms with Gasteiger partial charge in [-0.3, -0.25) is 0 Å². The molecule has 1 atom stereocenters. The fourth-order valence-electron chi connectivity index (χ4n) is 3.19. The maximum absolute atomic E-state index is 12.6. The molecule has 1 unspecified atom stereocenters. The van der Waals surface area contributed by atoms with Gasteiger partial charge in [-0.05, 0) is 49.2 Å². The molecule has 2 aromatic carbocycles. The van der Waals surface area contributed by atoms with Gasteiger partial charge < -0.3 is 10.2 Å². The van der Waals surface area contributed by atoms with Crippen LogP contribution in [-0.4, -0.2) is 37.7 Å². The molecule has 1 N–H and O–H groups in total. The number of rotatable bonds is 4. The van der Waals surface area contributed by atoms with Crippen molar-refractivity contribution in [2.24, 2.45) is 0 Å². The Kier molecular flexibility index (Phi) is 5.64. The third-order valence-corrected chi connectivity index (χ3v) is 6.43. The van der Waals surface area contributed by atoms with Crippen molar-refractivity contribution in [2.45, 2.75) is 30.0 Å². The molecule has 1 fully saturated rings. The van der Waals surface area contributed by atoms with E-state index in [0.717, 1.165) is 12.1 Å². The third-order valence-electron chi connectivity index (χ3n) is 4.62. The molecule has 0 bridgehead atoms. The maximum atomic E-state index is 12.6. The van der Waals surface area contributed by atoms with E-state index in [2.05, 4.69) is 5.32 Å². The number of alkyl halides is 3. The van der Waals surface area contributed by atoms with E-state index in [1.54, 1.807) is 18.2 Å². The monoisotopic (exact) mass is 412 g/mol. The number of benzene rings is 2. The van der Waals surface area contributed by atoms with Gasteiger partial charge in [0, 0.05) is 18.3 Å². The quantitative estimate of drug-likeness (QED) is 0.820. The molecule has 0 saturated carbocycles. The van der Waals surface area contributed by atoms with Gasteiger partial charge in [0.1, 0.15) is 0 Å². The second-order valence-corrected chi connectivity index (χ2v) is 8.62. The first-order valence-corrected chi connectivity index (χ1v) is 10.3. The Morgan fingerprint density at radius 1 is 1.07 bits per heavy atom. The number of urea groups is 1. The lowest BCUT2D eigenvalue weighted by Gasteiger charge is -2.25. The maximum Gasteiger partial charge on any atom is 0.416 e. The summed E-state index contributed by atoms with van der Waals surface area (Å²) in [6, 6.07) is 11.1. The Balaban J connectivity index is 1.68. The minimum Gasteiger partial charge on any atom is -0.321 e. The number of likely N-dealkylation sites (tertiary alicyclic amines) is 1. The fraction of sp³-hybridized carbons (Fsp3) is 0.316. The Hall–Kier alpha value is -2.55. The summed E-state index contributed by atoms with van der Waals surface area (Å²) in [5.41, 5.74) is -0.590. The summed E-state index contributed by atoms with van der Waals surface area (Å²) in [6.45, 7) is 0.390. The molecule has 1 aliphatic heterocycles. The van der Waals surface area contributed by atoms with E-state index in [-0.39, 0.29) is 16.3 Å². The molecule has 0 radical (unpaired) electrons. The van der Waals surface area contributed by atoms with Crippen LogP contribution in [0.3, 0.4) is 0 Å². The van der Waals surface area contributed by atoms with E-state index < -0.39 is 33.6 Å². The SMILES string of the molecule is O=C(Nc1ccc(C(F)(F)F)cc1)N1CCCC1CS(=O)(=O)c1ccccc1. The number of nitrogens with one attached hydrogen (secondary N) is 1. The van der Waals surface area contributed by atoms with Crippen molar-refractivity contribution in [3.8, 4) is 0 Å². The molecule has 28 heavy (non-hydrogen) atoms. The van der Waals surface area contributed by atoms with Gasteiger partial charge in [-0.15, -0.1) is 0 Å². The molecular weight excluding hydrogens is 393 g/mol. The summed E-state index contributed by atoms with van der Waals surface area (Å²) < 4.78 is 63.0. The van der Waals surface area contributed by atoms with Crippen LogP contribution in [0.25, 0.3) is 0 Å². The highest BCUT2D eigenvalue weighted by atomic mass is 32.2. The molecule has 9 heteroatoms. The Bertz CT molecular complexity index is 929. The molecule has 0 spiro atoms. The molecule has 3 rings (SSSR count). The topological polar surface area (TPSA) is 66.5 Å². The minimum atomic E-state index is -4.45. The average Bonchev–Trinajstić information content (AvgIpc) is 3.10. The Morgan fingerprint density at radius 2 is 1.71 bits per heavy atom. The summed E-state index contributed by atoms with van der Waals surface area (Å²) in [7, 11) is -3.55. The van der Waals surface area contributed by atoms with Crippen molar-refractivity contribution in [3.05, 3.63) is 60.2 Å². The van der Waals surface area contributed by atoms with Crippen LogP contribution in [0.2, 0.25) is 0 Å². The van der Waals surface area contributed by atoms with E-state index in [9.17, 15) is 26.4 Å². The zero-order valence-corrected chi connectivity index (χ0v) is 15.6. The number of carbonyl (C=O) groups excluding carboxylic acids is 1. The van der Waals surface area contributed by atoms with Crippen LogP contribution in [0.15, 0.2) is 59.5 Å². The lowest BCUT2D eigenvalue weighted by atomic mass is 10.2. The number of anilines is 1. The van der Waals surface area contributed by atoms with Gasteiger partial charge in [0.25, 0.3) is 0 Å². The molecule has 0 aliphatic carbocycles. The van der Waals surface area contributed by atoms with Crippen LogP contribution in [0.5, 0.6) is 0 Å². The highest BCUT2D eigenvalue weighted by Gasteiger charge is 2.33. The number of hydrogen-bond acceptors (Lipinski definition) is 3. The first-order chi connectivity index (χ1) is 13.2. The van der Waals surface area contributed by atoms with E-state index in [0.29, 0.717) is 19.4 Å². The predicted octanol–water partition coefficient (Wildman–Crippen LogP) is 4.18. The standard InChI is InChI=1S/C19H19F3N2O3S/c20-19(21,22)14-8-10-15(11-9-14)23-18(25)24-12-4-5-16(24)13-28(26,27)17-6-2-1-3-7-17/h1-3,6-11,16H,4-5,12-13H2,(H,23,25). The minimum absolute atomic E-state index is 0.197. The molecular formula is C19H19F3N2O3S. The smallest absolute Gasteiger partial charge is 0.321 e. The van der Waals surface area contributed by atoms with E-state index >= 15 is 0 Å². The van der Waals surface area contributed by atoms with Crippen molar-refractivity contribution in [3.63, 3.8) is 0 Å².